The molecule has 13 heteroatoms. The van der Waals surface area contributed by atoms with Gasteiger partial charge in [0.1, 0.15) is 11.9 Å². The summed E-state index contributed by atoms with van der Waals surface area (Å²) in [5, 5.41) is 8.31. The Labute approximate surface area is 304 Å². The van der Waals surface area contributed by atoms with Crippen molar-refractivity contribution in [3.05, 3.63) is 60.6 Å². The Morgan fingerprint density at radius 3 is 1.90 bits per heavy atom. The molecule has 5 atom stereocenters. The molecule has 278 valence electrons. The van der Waals surface area contributed by atoms with Crippen LogP contribution < -0.4 is 16.0 Å². The van der Waals surface area contributed by atoms with E-state index < -0.39 is 36.1 Å². The van der Waals surface area contributed by atoms with E-state index in [2.05, 4.69) is 25.9 Å². The molecule has 0 radical (unpaired) electrons. The van der Waals surface area contributed by atoms with Crippen LogP contribution in [-0.2, 0) is 23.9 Å². The van der Waals surface area contributed by atoms with Gasteiger partial charge >= 0.3 is 12.2 Å². The van der Waals surface area contributed by atoms with E-state index in [1.54, 1.807) is 11.1 Å². The number of likely N-dealkylation sites (tertiary alicyclic amines) is 1. The van der Waals surface area contributed by atoms with Crippen LogP contribution in [0.3, 0.4) is 0 Å². The molecule has 0 spiro atoms. The predicted molar refractivity (Wildman–Crippen MR) is 196 cm³/mol. The van der Waals surface area contributed by atoms with Gasteiger partial charge in [-0.1, -0.05) is 70.5 Å². The number of aromatic amines is 1. The van der Waals surface area contributed by atoms with Gasteiger partial charge in [-0.15, -0.1) is 0 Å². The molecule has 1 aromatic heterocycles. The van der Waals surface area contributed by atoms with E-state index >= 15 is 0 Å². The lowest BCUT2D eigenvalue weighted by Gasteiger charge is -2.30. The number of methoxy groups -OCH3 is 2. The molecule has 2 aromatic carbocycles. The molecule has 2 fully saturated rings. The average Bonchev–Trinajstić information content (AvgIpc) is 3.94. The number of H-pyrrole nitrogens is 1. The minimum absolute atomic E-state index is 0.114. The summed E-state index contributed by atoms with van der Waals surface area (Å²) in [5.74, 6) is -0.985. The fourth-order valence-corrected chi connectivity index (χ4v) is 7.27. The third-order valence-electron chi connectivity index (χ3n) is 10.2. The zero-order valence-corrected chi connectivity index (χ0v) is 30.7. The molecule has 4 N–H and O–H groups in total. The summed E-state index contributed by atoms with van der Waals surface area (Å²) >= 11 is 0. The first kappa shape index (κ1) is 38.0. The van der Waals surface area contributed by atoms with E-state index in [9.17, 15) is 24.0 Å². The number of rotatable bonds is 12. The maximum absolute atomic E-state index is 13.5. The van der Waals surface area contributed by atoms with Crippen LogP contribution in [0.1, 0.15) is 71.7 Å². The second kappa shape index (κ2) is 16.9. The van der Waals surface area contributed by atoms with Gasteiger partial charge in [0.25, 0.3) is 0 Å². The van der Waals surface area contributed by atoms with Crippen LogP contribution in [0.25, 0.3) is 22.4 Å². The van der Waals surface area contributed by atoms with Gasteiger partial charge in [0, 0.05) is 24.1 Å². The van der Waals surface area contributed by atoms with Gasteiger partial charge in [-0.25, -0.2) is 14.6 Å². The first-order valence-electron chi connectivity index (χ1n) is 18.0. The Morgan fingerprint density at radius 1 is 0.750 bits per heavy atom. The van der Waals surface area contributed by atoms with Crippen LogP contribution in [0.2, 0.25) is 0 Å². The highest BCUT2D eigenvalue weighted by Crippen LogP contribution is 2.36. The molecule has 1 saturated heterocycles. The van der Waals surface area contributed by atoms with Crippen molar-refractivity contribution in [2.75, 3.05) is 26.1 Å². The summed E-state index contributed by atoms with van der Waals surface area (Å²) in [6, 6.07) is 14.0. The zero-order chi connectivity index (χ0) is 37.5. The summed E-state index contributed by atoms with van der Waals surface area (Å²) < 4.78 is 9.44. The summed E-state index contributed by atoms with van der Waals surface area (Å²) in [5.41, 5.74) is 4.37. The maximum Gasteiger partial charge on any atom is 0.407 e. The Kier molecular flexibility index (Phi) is 12.3. The van der Waals surface area contributed by atoms with Crippen LogP contribution in [0.5, 0.6) is 0 Å². The van der Waals surface area contributed by atoms with Gasteiger partial charge in [0.2, 0.25) is 11.8 Å². The quantitative estimate of drug-likeness (QED) is 0.175. The van der Waals surface area contributed by atoms with Crippen molar-refractivity contribution >= 4 is 35.5 Å². The highest BCUT2D eigenvalue weighted by atomic mass is 16.5. The smallest absolute Gasteiger partial charge is 0.407 e. The van der Waals surface area contributed by atoms with E-state index in [0.717, 1.165) is 41.6 Å². The standard InChI is InChI=1S/C39H50N6O7/c1-22(2)32(43-38(49)51-5)34(46)28-9-7-10-29(28)36(47)41-27-18-16-25(17-19-27)24-12-14-26(15-13-24)30-21-40-35(42-30)31-11-8-20-45(31)37(48)33(23(3)4)44-39(50)52-6/h12-19,21-23,28-29,31-33H,7-11,20H2,1-6H3,(H,40,42)(H,41,47)(H,43,49)(H,44,50)/t28?,29-,31+,32+,33+/m1/s1. The molecule has 5 rings (SSSR count). The molecule has 13 nitrogen and oxygen atoms in total. The van der Waals surface area contributed by atoms with E-state index in [4.69, 9.17) is 9.47 Å². The molecule has 1 unspecified atom stereocenters. The number of benzene rings is 2. The Hall–Kier alpha value is -5.20. The second-order valence-corrected chi connectivity index (χ2v) is 14.3. The van der Waals surface area contributed by atoms with Crippen LogP contribution >= 0.6 is 0 Å². The van der Waals surface area contributed by atoms with Gasteiger partial charge in [0.15, 0.2) is 5.78 Å². The van der Waals surface area contributed by atoms with Gasteiger partial charge in [-0.3, -0.25) is 14.4 Å². The van der Waals surface area contributed by atoms with Crippen molar-refractivity contribution in [1.82, 2.24) is 25.5 Å². The molecule has 2 heterocycles. The van der Waals surface area contributed by atoms with E-state index in [-0.39, 0.29) is 35.5 Å². The summed E-state index contributed by atoms with van der Waals surface area (Å²) in [7, 11) is 2.54. The number of hydrogen-bond donors (Lipinski definition) is 4. The lowest BCUT2D eigenvalue weighted by atomic mass is 9.84. The number of alkyl carbamates (subject to hydrolysis) is 2. The van der Waals surface area contributed by atoms with Crippen LogP contribution in [0.4, 0.5) is 15.3 Å². The molecular formula is C39H50N6O7. The summed E-state index contributed by atoms with van der Waals surface area (Å²) in [6.45, 7) is 8.08. The SMILES string of the molecule is COC(=O)N[C@H](C(=O)C1CCC[C@H]1C(=O)Nc1ccc(-c2ccc(-c3cnc([C@@H]4CCCN4C(=O)[C@@H](NC(=O)OC)C(C)C)[nH]3)cc2)cc1)C(C)C. The second-order valence-electron chi connectivity index (χ2n) is 14.3. The monoisotopic (exact) mass is 714 g/mol. The molecule has 4 amide bonds. The number of nitrogens with zero attached hydrogens (tertiary/aromatic N) is 2. The number of Topliss-reactive ketones (excluding diaryl/α,β-unsaturated/α-hetero) is 1. The third kappa shape index (κ3) is 8.63. The predicted octanol–water partition coefficient (Wildman–Crippen LogP) is 6.09. The third-order valence-corrected chi connectivity index (χ3v) is 10.2. The molecule has 52 heavy (non-hydrogen) atoms. The Balaban J connectivity index is 1.21. The van der Waals surface area contributed by atoms with Crippen LogP contribution in [0, 0.1) is 23.7 Å². The van der Waals surface area contributed by atoms with Crippen LogP contribution in [-0.4, -0.2) is 77.5 Å². The molecule has 1 aliphatic carbocycles. The molecule has 2 aliphatic rings. The van der Waals surface area contributed by atoms with Crippen molar-refractivity contribution in [3.8, 4) is 22.4 Å². The summed E-state index contributed by atoms with van der Waals surface area (Å²) in [6.07, 6.45) is 4.06. The number of nitrogens with one attached hydrogen (secondary N) is 4. The molecule has 0 bridgehead atoms. The number of amides is 4. The van der Waals surface area contributed by atoms with E-state index in [1.807, 2.05) is 76.2 Å². The van der Waals surface area contributed by atoms with Gasteiger partial charge in [-0.05, 0) is 66.3 Å². The highest BCUT2D eigenvalue weighted by Gasteiger charge is 2.42. The fraction of sp³-hybridized carbons (Fsp3) is 0.487. The van der Waals surface area contributed by atoms with Gasteiger partial charge in [-0.2, -0.15) is 0 Å². The van der Waals surface area contributed by atoms with Gasteiger partial charge < -0.3 is 35.3 Å². The lowest BCUT2D eigenvalue weighted by molar-refractivity contribution is -0.135. The average molecular weight is 715 g/mol. The first-order valence-corrected chi connectivity index (χ1v) is 18.0. The topological polar surface area (TPSA) is 172 Å². The minimum atomic E-state index is -0.721. The van der Waals surface area contributed by atoms with Crippen molar-refractivity contribution in [2.24, 2.45) is 23.7 Å². The van der Waals surface area contributed by atoms with Crippen molar-refractivity contribution in [1.29, 1.82) is 0 Å². The zero-order valence-electron chi connectivity index (χ0n) is 30.7. The Bertz CT molecular complexity index is 1740. The number of hydrogen-bond acceptors (Lipinski definition) is 8. The largest absolute Gasteiger partial charge is 0.453 e. The molecule has 1 aliphatic heterocycles. The van der Waals surface area contributed by atoms with Crippen molar-refractivity contribution in [3.63, 3.8) is 0 Å². The van der Waals surface area contributed by atoms with Gasteiger partial charge in [0.05, 0.1) is 38.2 Å². The van der Waals surface area contributed by atoms with Crippen LogP contribution in [0.15, 0.2) is 54.7 Å². The number of carbonyl (C=O) groups excluding carboxylic acids is 5. The number of carbonyl (C=O) groups is 5. The molecule has 3 aromatic rings. The maximum atomic E-state index is 13.5. The lowest BCUT2D eigenvalue weighted by Crippen LogP contribution is -2.51. The first-order chi connectivity index (χ1) is 24.9. The molecule has 1 saturated carbocycles. The highest BCUT2D eigenvalue weighted by molar-refractivity contribution is 5.99. The van der Waals surface area contributed by atoms with E-state index in [0.29, 0.717) is 30.9 Å². The normalized spacial score (nSPS) is 19.6. The number of aromatic nitrogens is 2. The van der Waals surface area contributed by atoms with Crippen molar-refractivity contribution in [2.45, 2.75) is 77.9 Å². The minimum Gasteiger partial charge on any atom is -0.453 e. The van der Waals surface area contributed by atoms with Crippen molar-refractivity contribution < 1.29 is 33.4 Å². The number of ketones is 1. The van der Waals surface area contributed by atoms with E-state index in [1.165, 1.54) is 14.2 Å². The summed E-state index contributed by atoms with van der Waals surface area (Å²) in [4.78, 5) is 73.9. The fourth-order valence-electron chi connectivity index (χ4n) is 7.27. The number of ether oxygens (including phenoxy) is 2. The number of anilines is 1. The molecular weight excluding hydrogens is 664 g/mol. The Morgan fingerprint density at radius 2 is 1.31 bits per heavy atom. The number of imidazole rings is 1.